The molecule has 3 heterocycles. The van der Waals surface area contributed by atoms with Gasteiger partial charge in [0.15, 0.2) is 0 Å². The fourth-order valence-electron chi connectivity index (χ4n) is 4.45. The van der Waals surface area contributed by atoms with Gasteiger partial charge in [0, 0.05) is 11.4 Å². The van der Waals surface area contributed by atoms with E-state index >= 15 is 0 Å². The highest BCUT2D eigenvalue weighted by Gasteiger charge is 2.49. The van der Waals surface area contributed by atoms with Gasteiger partial charge in [0.2, 0.25) is 17.7 Å². The van der Waals surface area contributed by atoms with Crippen molar-refractivity contribution in [3.63, 3.8) is 0 Å². The van der Waals surface area contributed by atoms with E-state index in [0.717, 1.165) is 38.5 Å². The Morgan fingerprint density at radius 3 is 2.42 bits per heavy atom. The molecule has 0 N–H and O–H groups in total. The summed E-state index contributed by atoms with van der Waals surface area (Å²) in [7, 11) is 0. The second-order valence-electron chi connectivity index (χ2n) is 7.02. The molecule has 3 fully saturated rings. The lowest BCUT2D eigenvalue weighted by molar-refractivity contribution is -0.147. The topological polar surface area (TPSA) is 57.7 Å². The summed E-state index contributed by atoms with van der Waals surface area (Å²) in [5, 5.41) is 2.02. The van der Waals surface area contributed by atoms with Crippen molar-refractivity contribution in [3.8, 4) is 0 Å². The molecular formula is C18H22N2O3S. The van der Waals surface area contributed by atoms with Crippen molar-refractivity contribution in [1.29, 1.82) is 0 Å². The van der Waals surface area contributed by atoms with Crippen LogP contribution in [0.3, 0.4) is 0 Å². The summed E-state index contributed by atoms with van der Waals surface area (Å²) >= 11 is 1.66. The highest BCUT2D eigenvalue weighted by molar-refractivity contribution is 7.10. The minimum Gasteiger partial charge on any atom is -0.333 e. The van der Waals surface area contributed by atoms with Crippen molar-refractivity contribution in [2.75, 3.05) is 13.1 Å². The summed E-state index contributed by atoms with van der Waals surface area (Å²) in [4.78, 5) is 42.2. The molecule has 128 valence electrons. The standard InChI is InChI=1S/C18H22N2O3S/c21-16(19-9-3-7-14(19)15-8-4-10-24-15)11-20-17(22)12-5-1-2-6-13(12)18(20)23/h4,8,10,12-14H,1-3,5-7,9,11H2. The quantitative estimate of drug-likeness (QED) is 0.791. The van der Waals surface area contributed by atoms with E-state index in [1.165, 1.54) is 9.78 Å². The normalized spacial score (nSPS) is 30.1. The van der Waals surface area contributed by atoms with Crippen LogP contribution in [-0.4, -0.2) is 40.6 Å². The highest BCUT2D eigenvalue weighted by Crippen LogP contribution is 2.39. The van der Waals surface area contributed by atoms with Crippen molar-refractivity contribution >= 4 is 29.1 Å². The number of hydrogen-bond donors (Lipinski definition) is 0. The third-order valence-corrected chi connectivity index (χ3v) is 6.64. The molecule has 1 saturated carbocycles. The summed E-state index contributed by atoms with van der Waals surface area (Å²) in [5.41, 5.74) is 0. The number of fused-ring (bicyclic) bond motifs is 1. The molecule has 0 bridgehead atoms. The lowest BCUT2D eigenvalue weighted by Crippen LogP contribution is -2.42. The van der Waals surface area contributed by atoms with Gasteiger partial charge >= 0.3 is 0 Å². The number of likely N-dealkylation sites (tertiary alicyclic amines) is 2. The number of rotatable bonds is 3. The number of imide groups is 1. The van der Waals surface area contributed by atoms with E-state index < -0.39 is 0 Å². The van der Waals surface area contributed by atoms with Crippen molar-refractivity contribution in [2.24, 2.45) is 11.8 Å². The molecule has 3 amide bonds. The Morgan fingerprint density at radius 2 is 1.79 bits per heavy atom. The number of carbonyl (C=O) groups excluding carboxylic acids is 3. The van der Waals surface area contributed by atoms with Gasteiger partial charge in [-0.3, -0.25) is 19.3 Å². The smallest absolute Gasteiger partial charge is 0.243 e. The number of hydrogen-bond acceptors (Lipinski definition) is 4. The molecule has 1 aliphatic carbocycles. The first-order valence-electron chi connectivity index (χ1n) is 8.85. The van der Waals surface area contributed by atoms with Gasteiger partial charge in [-0.05, 0) is 37.1 Å². The average Bonchev–Trinajstić information content (AvgIpc) is 3.31. The molecule has 1 aromatic heterocycles. The van der Waals surface area contributed by atoms with Crippen LogP contribution in [0.2, 0.25) is 0 Å². The van der Waals surface area contributed by atoms with E-state index in [1.807, 2.05) is 16.3 Å². The van der Waals surface area contributed by atoms with Crippen LogP contribution in [0.4, 0.5) is 0 Å². The maximum absolute atomic E-state index is 12.8. The number of carbonyl (C=O) groups is 3. The van der Waals surface area contributed by atoms with Crippen LogP contribution in [0, 0.1) is 11.8 Å². The first-order chi connectivity index (χ1) is 11.7. The van der Waals surface area contributed by atoms with Gasteiger partial charge in [0.05, 0.1) is 17.9 Å². The Kier molecular flexibility index (Phi) is 4.16. The molecule has 0 radical (unpaired) electrons. The van der Waals surface area contributed by atoms with Crippen LogP contribution in [-0.2, 0) is 14.4 Å². The molecule has 1 aromatic rings. The van der Waals surface area contributed by atoms with Gasteiger partial charge in [-0.1, -0.05) is 18.9 Å². The van der Waals surface area contributed by atoms with Crippen LogP contribution >= 0.6 is 11.3 Å². The Hall–Kier alpha value is -1.69. The lowest BCUT2D eigenvalue weighted by atomic mass is 9.81. The molecule has 6 heteroatoms. The Labute approximate surface area is 145 Å². The minimum atomic E-state index is -0.175. The molecular weight excluding hydrogens is 324 g/mol. The fourth-order valence-corrected chi connectivity index (χ4v) is 5.33. The van der Waals surface area contributed by atoms with Gasteiger partial charge in [0.1, 0.15) is 6.54 Å². The van der Waals surface area contributed by atoms with Crippen LogP contribution in [0.25, 0.3) is 0 Å². The van der Waals surface area contributed by atoms with E-state index in [2.05, 4.69) is 6.07 Å². The highest BCUT2D eigenvalue weighted by atomic mass is 32.1. The second kappa shape index (κ2) is 6.31. The number of amides is 3. The Bertz CT molecular complexity index is 633. The monoisotopic (exact) mass is 346 g/mol. The summed E-state index contributed by atoms with van der Waals surface area (Å²) in [5.74, 6) is -0.683. The molecule has 0 aromatic carbocycles. The van der Waals surface area contributed by atoms with Crippen LogP contribution in [0.5, 0.6) is 0 Å². The summed E-state index contributed by atoms with van der Waals surface area (Å²) in [6.45, 7) is 0.636. The van der Waals surface area contributed by atoms with E-state index in [9.17, 15) is 14.4 Å². The number of thiophene rings is 1. The SMILES string of the molecule is O=C1C2CCCCC2C(=O)N1CC(=O)N1CCCC1c1cccs1. The lowest BCUT2D eigenvalue weighted by Gasteiger charge is -2.26. The third-order valence-electron chi connectivity index (χ3n) is 5.67. The van der Waals surface area contributed by atoms with E-state index in [4.69, 9.17) is 0 Å². The number of nitrogens with zero attached hydrogens (tertiary/aromatic N) is 2. The molecule has 2 aliphatic heterocycles. The molecule has 5 nitrogen and oxygen atoms in total. The third kappa shape index (κ3) is 2.57. The summed E-state index contributed by atoms with van der Waals surface area (Å²) in [6, 6.07) is 4.16. The fraction of sp³-hybridized carbons (Fsp3) is 0.611. The Morgan fingerprint density at radius 1 is 1.08 bits per heavy atom. The average molecular weight is 346 g/mol. The zero-order valence-electron chi connectivity index (χ0n) is 13.6. The van der Waals surface area contributed by atoms with Gasteiger partial charge in [-0.15, -0.1) is 11.3 Å². The molecule has 0 spiro atoms. The van der Waals surface area contributed by atoms with Gasteiger partial charge in [0.25, 0.3) is 0 Å². The predicted molar refractivity (Wildman–Crippen MR) is 90.2 cm³/mol. The zero-order chi connectivity index (χ0) is 16.7. The maximum atomic E-state index is 12.8. The van der Waals surface area contributed by atoms with Crippen LogP contribution < -0.4 is 0 Å². The van der Waals surface area contributed by atoms with E-state index in [1.54, 1.807) is 11.3 Å². The molecule has 3 atom stereocenters. The van der Waals surface area contributed by atoms with Crippen molar-refractivity contribution < 1.29 is 14.4 Å². The minimum absolute atomic E-state index is 0.0768. The first-order valence-corrected chi connectivity index (χ1v) is 9.73. The summed E-state index contributed by atoms with van der Waals surface area (Å²) < 4.78 is 0. The van der Waals surface area contributed by atoms with Crippen LogP contribution in [0.1, 0.15) is 49.4 Å². The largest absolute Gasteiger partial charge is 0.333 e. The van der Waals surface area contributed by atoms with Gasteiger partial charge in [-0.2, -0.15) is 0 Å². The van der Waals surface area contributed by atoms with E-state index in [-0.39, 0.29) is 42.1 Å². The van der Waals surface area contributed by atoms with Gasteiger partial charge < -0.3 is 4.90 Å². The van der Waals surface area contributed by atoms with Crippen LogP contribution in [0.15, 0.2) is 17.5 Å². The van der Waals surface area contributed by atoms with Crippen molar-refractivity contribution in [3.05, 3.63) is 22.4 Å². The Balaban J connectivity index is 1.47. The zero-order valence-corrected chi connectivity index (χ0v) is 14.5. The molecule has 3 aliphatic rings. The second-order valence-corrected chi connectivity index (χ2v) is 8.00. The predicted octanol–water partition coefficient (Wildman–Crippen LogP) is 2.59. The molecule has 4 rings (SSSR count). The maximum Gasteiger partial charge on any atom is 0.243 e. The van der Waals surface area contributed by atoms with Crippen molar-refractivity contribution in [1.82, 2.24) is 9.80 Å². The van der Waals surface area contributed by atoms with Crippen molar-refractivity contribution in [2.45, 2.75) is 44.6 Å². The molecule has 3 unspecified atom stereocenters. The van der Waals surface area contributed by atoms with Gasteiger partial charge in [-0.25, -0.2) is 0 Å². The van der Waals surface area contributed by atoms with E-state index in [0.29, 0.717) is 6.54 Å². The molecule has 2 saturated heterocycles. The summed E-state index contributed by atoms with van der Waals surface area (Å²) in [6.07, 6.45) is 5.53. The first kappa shape index (κ1) is 15.8. The molecule has 24 heavy (non-hydrogen) atoms.